The minimum Gasteiger partial charge on any atom is -0.461 e. The van der Waals surface area contributed by atoms with E-state index in [1.807, 2.05) is 12.1 Å². The number of nitrogens with zero attached hydrogens (tertiary/aromatic N) is 2. The Labute approximate surface area is 185 Å². The number of hydrogen-bond donors (Lipinski definition) is 0. The molecule has 2 saturated heterocycles. The first-order valence-electron chi connectivity index (χ1n) is 11.6. The van der Waals surface area contributed by atoms with E-state index in [-0.39, 0.29) is 29.3 Å². The predicted octanol–water partition coefficient (Wildman–Crippen LogP) is 4.78. The highest BCUT2D eigenvalue weighted by Gasteiger charge is 2.52. The van der Waals surface area contributed by atoms with Crippen molar-refractivity contribution in [2.45, 2.75) is 45.6 Å². The second-order valence-electron chi connectivity index (χ2n) is 10.1. The number of benzene rings is 1. The molecule has 2 aliphatic carbocycles. The molecule has 0 aromatic heterocycles. The lowest BCUT2D eigenvalue weighted by atomic mass is 9.59. The fourth-order valence-electron chi connectivity index (χ4n) is 6.38. The minimum absolute atomic E-state index is 0.0109. The lowest BCUT2D eigenvalue weighted by Gasteiger charge is -2.46. The number of ether oxygens (including phenoxy) is 1. The highest BCUT2D eigenvalue weighted by molar-refractivity contribution is 6.30. The van der Waals surface area contributed by atoms with Crippen molar-refractivity contribution in [3.8, 4) is 0 Å². The highest BCUT2D eigenvalue weighted by Crippen LogP contribution is 2.54. The Morgan fingerprint density at radius 3 is 2.63 bits per heavy atom. The average molecular weight is 429 g/mol. The quantitative estimate of drug-likeness (QED) is 0.512. The van der Waals surface area contributed by atoms with Gasteiger partial charge >= 0.3 is 5.97 Å². The van der Waals surface area contributed by atoms with Crippen LogP contribution in [0.2, 0.25) is 5.02 Å². The second-order valence-corrected chi connectivity index (χ2v) is 10.5. The Kier molecular flexibility index (Phi) is 5.35. The maximum atomic E-state index is 12.8. The Bertz CT molecular complexity index is 830. The highest BCUT2D eigenvalue weighted by atomic mass is 35.5. The van der Waals surface area contributed by atoms with Gasteiger partial charge in [-0.1, -0.05) is 43.5 Å². The van der Waals surface area contributed by atoms with E-state index in [0.29, 0.717) is 5.92 Å². The molecular formula is C25H33ClN2O2. The van der Waals surface area contributed by atoms with Crippen molar-refractivity contribution in [2.24, 2.45) is 23.2 Å². The maximum Gasteiger partial charge on any atom is 0.311 e. The molecule has 30 heavy (non-hydrogen) atoms. The lowest BCUT2D eigenvalue weighted by molar-refractivity contribution is -0.145. The zero-order valence-electron chi connectivity index (χ0n) is 18.1. The number of piperazine rings is 1. The molecule has 0 spiro atoms. The zero-order chi connectivity index (χ0) is 20.9. The molecule has 1 aromatic carbocycles. The zero-order valence-corrected chi connectivity index (χ0v) is 18.9. The minimum atomic E-state index is -0.0109. The summed E-state index contributed by atoms with van der Waals surface area (Å²) < 4.78 is 5.94. The summed E-state index contributed by atoms with van der Waals surface area (Å²) in [5, 5.41) is 0.775. The third-order valence-electron chi connectivity index (χ3n) is 8.10. The van der Waals surface area contributed by atoms with Crippen molar-refractivity contribution >= 4 is 23.3 Å². The normalized spacial score (nSPS) is 36.7. The fourth-order valence-corrected chi connectivity index (χ4v) is 6.50. The second kappa shape index (κ2) is 7.87. The van der Waals surface area contributed by atoms with Crippen LogP contribution in [0.5, 0.6) is 0 Å². The number of fused-ring (bicyclic) bond motifs is 2. The van der Waals surface area contributed by atoms with Crippen LogP contribution in [0.4, 0.5) is 5.69 Å². The van der Waals surface area contributed by atoms with Gasteiger partial charge in [-0.2, -0.15) is 0 Å². The van der Waals surface area contributed by atoms with Crippen LogP contribution in [0.3, 0.4) is 0 Å². The number of allylic oxidation sites excluding steroid dienone is 1. The summed E-state index contributed by atoms with van der Waals surface area (Å²) >= 11 is 6.02. The van der Waals surface area contributed by atoms with Gasteiger partial charge in [-0.3, -0.25) is 9.69 Å². The smallest absolute Gasteiger partial charge is 0.311 e. The van der Waals surface area contributed by atoms with Gasteiger partial charge in [0.05, 0.1) is 5.92 Å². The first-order chi connectivity index (χ1) is 14.4. The van der Waals surface area contributed by atoms with E-state index in [1.165, 1.54) is 24.9 Å². The number of anilines is 1. The van der Waals surface area contributed by atoms with E-state index in [2.05, 4.69) is 41.9 Å². The van der Waals surface area contributed by atoms with E-state index < -0.39 is 0 Å². The first-order valence-corrected chi connectivity index (χ1v) is 12.0. The largest absolute Gasteiger partial charge is 0.461 e. The van der Waals surface area contributed by atoms with Crippen LogP contribution in [0.15, 0.2) is 35.9 Å². The van der Waals surface area contributed by atoms with Crippen LogP contribution in [0.1, 0.15) is 39.5 Å². The molecule has 1 aromatic rings. The molecule has 162 valence electrons. The SMILES string of the molecule is C[C@H]1CCC[C@]2(C)C[C@H]3OC(=O)C(CN4CCN(c5ccc(Cl)cc5)CC4)[C@H]3C=C12. The molecule has 4 aliphatic rings. The third-order valence-corrected chi connectivity index (χ3v) is 8.35. The van der Waals surface area contributed by atoms with Gasteiger partial charge in [0.2, 0.25) is 0 Å². The van der Waals surface area contributed by atoms with Crippen LogP contribution in [-0.4, -0.2) is 49.7 Å². The van der Waals surface area contributed by atoms with Gasteiger partial charge in [0, 0.05) is 49.4 Å². The van der Waals surface area contributed by atoms with Crippen molar-refractivity contribution in [1.29, 1.82) is 0 Å². The molecule has 5 heteroatoms. The van der Waals surface area contributed by atoms with E-state index in [0.717, 1.165) is 44.2 Å². The van der Waals surface area contributed by atoms with Crippen LogP contribution >= 0.6 is 11.6 Å². The summed E-state index contributed by atoms with van der Waals surface area (Å²) in [6.07, 6.45) is 7.38. The first kappa shape index (κ1) is 20.4. The average Bonchev–Trinajstić information content (AvgIpc) is 3.01. The number of carbonyl (C=O) groups excluding carboxylic acids is 1. The Balaban J connectivity index is 1.25. The number of halogens is 1. The molecule has 0 bridgehead atoms. The summed E-state index contributed by atoms with van der Waals surface area (Å²) in [5.74, 6) is 0.916. The van der Waals surface area contributed by atoms with Crippen molar-refractivity contribution in [3.05, 3.63) is 40.9 Å². The fraction of sp³-hybridized carbons (Fsp3) is 0.640. The number of esters is 1. The molecule has 4 nitrogen and oxygen atoms in total. The molecule has 0 radical (unpaired) electrons. The van der Waals surface area contributed by atoms with Crippen LogP contribution in [-0.2, 0) is 9.53 Å². The van der Waals surface area contributed by atoms with Crippen LogP contribution in [0.25, 0.3) is 0 Å². The number of carbonyl (C=O) groups is 1. The molecule has 1 saturated carbocycles. The van der Waals surface area contributed by atoms with E-state index in [1.54, 1.807) is 5.57 Å². The number of rotatable bonds is 3. The summed E-state index contributed by atoms with van der Waals surface area (Å²) in [7, 11) is 0. The maximum absolute atomic E-state index is 12.8. The van der Waals surface area contributed by atoms with Crippen molar-refractivity contribution in [3.63, 3.8) is 0 Å². The van der Waals surface area contributed by atoms with Gasteiger partial charge in [0.25, 0.3) is 0 Å². The van der Waals surface area contributed by atoms with Gasteiger partial charge in [-0.15, -0.1) is 0 Å². The molecule has 2 heterocycles. The van der Waals surface area contributed by atoms with Crippen LogP contribution in [0, 0.1) is 23.2 Å². The Hall–Kier alpha value is -1.52. The van der Waals surface area contributed by atoms with Gasteiger partial charge < -0.3 is 9.64 Å². The molecular weight excluding hydrogens is 396 g/mol. The third kappa shape index (κ3) is 3.67. The van der Waals surface area contributed by atoms with Crippen molar-refractivity contribution < 1.29 is 9.53 Å². The van der Waals surface area contributed by atoms with Gasteiger partial charge in [-0.05, 0) is 54.9 Å². The molecule has 3 fully saturated rings. The number of hydrogen-bond acceptors (Lipinski definition) is 4. The van der Waals surface area contributed by atoms with Gasteiger partial charge in [0.1, 0.15) is 6.10 Å². The topological polar surface area (TPSA) is 32.8 Å². The van der Waals surface area contributed by atoms with Crippen molar-refractivity contribution in [1.82, 2.24) is 4.90 Å². The van der Waals surface area contributed by atoms with E-state index in [4.69, 9.17) is 16.3 Å². The molecule has 0 N–H and O–H groups in total. The summed E-state index contributed by atoms with van der Waals surface area (Å²) in [6, 6.07) is 8.09. The van der Waals surface area contributed by atoms with Gasteiger partial charge in [-0.25, -0.2) is 0 Å². The monoisotopic (exact) mass is 428 g/mol. The van der Waals surface area contributed by atoms with Crippen molar-refractivity contribution in [2.75, 3.05) is 37.6 Å². The van der Waals surface area contributed by atoms with E-state index in [9.17, 15) is 4.79 Å². The molecule has 0 amide bonds. The standard InChI is InChI=1S/C25H33ClN2O2/c1-17-4-3-9-25(2)15-23-20(14-22(17)25)21(24(29)30-23)16-27-10-12-28(13-11-27)19-7-5-18(26)6-8-19/h5-8,14,17,20-21,23H,3-4,9-13,15-16H2,1-2H3/t17-,20+,21?,23+,25+/m0/s1. The summed E-state index contributed by atoms with van der Waals surface area (Å²) in [6.45, 7) is 9.50. The lowest BCUT2D eigenvalue weighted by Crippen LogP contribution is -2.49. The molecule has 1 unspecified atom stereocenters. The molecule has 5 atom stereocenters. The molecule has 5 rings (SSSR count). The molecule has 2 aliphatic heterocycles. The van der Waals surface area contributed by atoms with E-state index >= 15 is 0 Å². The Morgan fingerprint density at radius 2 is 1.90 bits per heavy atom. The van der Waals surface area contributed by atoms with Crippen LogP contribution < -0.4 is 4.90 Å². The Morgan fingerprint density at radius 1 is 1.17 bits per heavy atom. The summed E-state index contributed by atoms with van der Waals surface area (Å²) in [5.41, 5.74) is 3.06. The van der Waals surface area contributed by atoms with Gasteiger partial charge in [0.15, 0.2) is 0 Å². The predicted molar refractivity (Wildman–Crippen MR) is 121 cm³/mol. The summed E-state index contributed by atoms with van der Waals surface area (Å²) in [4.78, 5) is 17.7.